The predicted octanol–water partition coefficient (Wildman–Crippen LogP) is 2.60. The molecule has 0 aromatic heterocycles. The third kappa shape index (κ3) is 4.49. The zero-order chi connectivity index (χ0) is 19.9. The second-order valence-corrected chi connectivity index (χ2v) is 7.70. The van der Waals surface area contributed by atoms with E-state index in [4.69, 9.17) is 4.74 Å². The fourth-order valence-electron chi connectivity index (χ4n) is 4.40. The van der Waals surface area contributed by atoms with E-state index in [1.807, 2.05) is 34.1 Å². The van der Waals surface area contributed by atoms with E-state index in [1.165, 1.54) is 0 Å². The summed E-state index contributed by atoms with van der Waals surface area (Å²) in [6, 6.07) is 7.56. The van der Waals surface area contributed by atoms with E-state index in [0.29, 0.717) is 19.4 Å². The molecule has 0 spiro atoms. The van der Waals surface area contributed by atoms with Crippen molar-refractivity contribution in [3.63, 3.8) is 0 Å². The molecule has 0 aliphatic carbocycles. The number of nitrogens with one attached hydrogen (secondary N) is 1. The second-order valence-electron chi connectivity index (χ2n) is 7.70. The minimum atomic E-state index is -0.257. The number of para-hydroxylation sites is 1. The van der Waals surface area contributed by atoms with E-state index in [2.05, 4.69) is 12.2 Å². The summed E-state index contributed by atoms with van der Waals surface area (Å²) in [4.78, 5) is 30.3. The number of carbonyl (C=O) groups excluding carboxylic acids is 2. The molecule has 0 bridgehead atoms. The molecule has 1 N–H and O–H groups in total. The second kappa shape index (κ2) is 9.92. The molecule has 2 fully saturated rings. The summed E-state index contributed by atoms with van der Waals surface area (Å²) < 4.78 is 5.61. The molecule has 1 aromatic rings. The van der Waals surface area contributed by atoms with Crippen LogP contribution < -0.4 is 10.1 Å². The van der Waals surface area contributed by atoms with Gasteiger partial charge < -0.3 is 19.9 Å². The van der Waals surface area contributed by atoms with Crippen molar-refractivity contribution in [3.8, 4) is 5.75 Å². The van der Waals surface area contributed by atoms with Gasteiger partial charge in [0, 0.05) is 38.2 Å². The van der Waals surface area contributed by atoms with Gasteiger partial charge in [-0.25, -0.2) is 0 Å². The number of piperidine rings is 1. The Hall–Kier alpha value is -2.08. The van der Waals surface area contributed by atoms with E-state index in [-0.39, 0.29) is 23.8 Å². The number of carbonyl (C=O) groups is 2. The highest BCUT2D eigenvalue weighted by Crippen LogP contribution is 2.41. The van der Waals surface area contributed by atoms with E-state index in [1.54, 1.807) is 7.11 Å². The van der Waals surface area contributed by atoms with Crippen LogP contribution in [-0.4, -0.2) is 61.4 Å². The molecule has 2 saturated heterocycles. The quantitative estimate of drug-likeness (QED) is 0.815. The smallest absolute Gasteiger partial charge is 0.228 e. The summed E-state index contributed by atoms with van der Waals surface area (Å²) in [6.45, 7) is 6.10. The zero-order valence-corrected chi connectivity index (χ0v) is 17.2. The van der Waals surface area contributed by atoms with Crippen LogP contribution >= 0.6 is 0 Å². The summed E-state index contributed by atoms with van der Waals surface area (Å²) >= 11 is 0. The maximum absolute atomic E-state index is 13.5. The molecule has 0 saturated carbocycles. The van der Waals surface area contributed by atoms with E-state index in [9.17, 15) is 9.59 Å². The van der Waals surface area contributed by atoms with Crippen molar-refractivity contribution in [1.82, 2.24) is 15.1 Å². The molecule has 6 nitrogen and oxygen atoms in total. The number of unbranched alkanes of at least 4 members (excludes halogenated alkanes) is 1. The molecule has 28 heavy (non-hydrogen) atoms. The first-order chi connectivity index (χ1) is 13.7. The van der Waals surface area contributed by atoms with Crippen molar-refractivity contribution in [1.29, 1.82) is 0 Å². The van der Waals surface area contributed by atoms with Crippen LogP contribution in [0.15, 0.2) is 24.3 Å². The third-order valence-electron chi connectivity index (χ3n) is 5.89. The molecular formula is C22H33N3O3. The molecule has 154 valence electrons. The molecule has 2 aliphatic rings. The van der Waals surface area contributed by atoms with Gasteiger partial charge in [-0.15, -0.1) is 0 Å². The third-order valence-corrected chi connectivity index (χ3v) is 5.89. The molecule has 2 heterocycles. The molecule has 2 unspecified atom stereocenters. The number of hydrogen-bond donors (Lipinski definition) is 1. The lowest BCUT2D eigenvalue weighted by molar-refractivity contribution is -0.148. The summed E-state index contributed by atoms with van der Waals surface area (Å²) in [6.07, 6.45) is 3.96. The lowest BCUT2D eigenvalue weighted by Crippen LogP contribution is -2.50. The van der Waals surface area contributed by atoms with Crippen LogP contribution in [-0.2, 0) is 9.59 Å². The number of nitrogens with zero attached hydrogens (tertiary/aromatic N) is 2. The Kier molecular flexibility index (Phi) is 7.31. The Bertz CT molecular complexity index is 671. The van der Waals surface area contributed by atoms with Gasteiger partial charge in [0.2, 0.25) is 11.8 Å². The van der Waals surface area contributed by atoms with Gasteiger partial charge >= 0.3 is 0 Å². The molecule has 1 aromatic carbocycles. The monoisotopic (exact) mass is 387 g/mol. The van der Waals surface area contributed by atoms with Gasteiger partial charge in [0.15, 0.2) is 0 Å². The molecular weight excluding hydrogens is 354 g/mol. The van der Waals surface area contributed by atoms with Crippen LogP contribution in [0, 0.1) is 5.92 Å². The summed E-state index contributed by atoms with van der Waals surface area (Å²) in [5.41, 5.74) is 0.945. The summed E-state index contributed by atoms with van der Waals surface area (Å²) in [5, 5.41) is 3.36. The highest BCUT2D eigenvalue weighted by Gasteiger charge is 2.42. The van der Waals surface area contributed by atoms with Crippen LogP contribution in [0.5, 0.6) is 5.75 Å². The van der Waals surface area contributed by atoms with Gasteiger partial charge in [-0.05, 0) is 31.9 Å². The van der Waals surface area contributed by atoms with Crippen LogP contribution in [0.25, 0.3) is 0 Å². The summed E-state index contributed by atoms with van der Waals surface area (Å²) in [5.74, 6) is 0.850. The minimum Gasteiger partial charge on any atom is -0.496 e. The first-order valence-corrected chi connectivity index (χ1v) is 10.6. The van der Waals surface area contributed by atoms with Crippen LogP contribution in [0.1, 0.15) is 50.6 Å². The molecule has 0 radical (unpaired) electrons. The minimum absolute atomic E-state index is 0.144. The van der Waals surface area contributed by atoms with Crippen molar-refractivity contribution in [2.24, 2.45) is 5.92 Å². The van der Waals surface area contributed by atoms with Crippen molar-refractivity contribution < 1.29 is 14.3 Å². The average molecular weight is 388 g/mol. The van der Waals surface area contributed by atoms with Crippen molar-refractivity contribution in [2.45, 2.75) is 45.1 Å². The predicted molar refractivity (Wildman–Crippen MR) is 109 cm³/mol. The van der Waals surface area contributed by atoms with Gasteiger partial charge in [0.25, 0.3) is 0 Å². The van der Waals surface area contributed by atoms with E-state index < -0.39 is 0 Å². The molecule has 2 aliphatic heterocycles. The van der Waals surface area contributed by atoms with Crippen molar-refractivity contribution in [2.75, 3.05) is 39.8 Å². The fraction of sp³-hybridized carbons (Fsp3) is 0.636. The zero-order valence-electron chi connectivity index (χ0n) is 17.2. The van der Waals surface area contributed by atoms with E-state index in [0.717, 1.165) is 56.8 Å². The number of hydrogen-bond acceptors (Lipinski definition) is 4. The topological polar surface area (TPSA) is 61.9 Å². The number of benzene rings is 1. The SMILES string of the molecule is CCCCN1C(=O)CCC(C(=O)N2CCCNCC2)C1c1ccccc1OC. The first kappa shape index (κ1) is 20.6. The van der Waals surface area contributed by atoms with Crippen molar-refractivity contribution >= 4 is 11.8 Å². The standard InChI is InChI=1S/C22H33N3O3/c1-3-4-15-25-20(26)11-10-18(22(27)24-14-7-12-23-13-16-24)21(25)17-8-5-6-9-19(17)28-2/h5-6,8-9,18,21,23H,3-4,7,10-16H2,1-2H3. The number of rotatable bonds is 6. The number of amides is 2. The molecule has 2 atom stereocenters. The van der Waals surface area contributed by atoms with Gasteiger partial charge in [-0.1, -0.05) is 31.5 Å². The number of methoxy groups -OCH3 is 1. The number of likely N-dealkylation sites (tertiary alicyclic amines) is 1. The maximum Gasteiger partial charge on any atom is 0.228 e. The highest BCUT2D eigenvalue weighted by atomic mass is 16.5. The lowest BCUT2D eigenvalue weighted by atomic mass is 9.82. The lowest BCUT2D eigenvalue weighted by Gasteiger charge is -2.42. The fourth-order valence-corrected chi connectivity index (χ4v) is 4.40. The maximum atomic E-state index is 13.5. The van der Waals surface area contributed by atoms with Gasteiger partial charge in [-0.3, -0.25) is 9.59 Å². The van der Waals surface area contributed by atoms with Crippen molar-refractivity contribution in [3.05, 3.63) is 29.8 Å². The van der Waals surface area contributed by atoms with Crippen LogP contribution in [0.3, 0.4) is 0 Å². The average Bonchev–Trinajstić information content (AvgIpc) is 3.01. The Morgan fingerprint density at radius 2 is 2.07 bits per heavy atom. The number of ether oxygens (including phenoxy) is 1. The van der Waals surface area contributed by atoms with Gasteiger partial charge in [0.05, 0.1) is 19.1 Å². The Morgan fingerprint density at radius 1 is 1.25 bits per heavy atom. The Labute approximate surface area is 168 Å². The van der Waals surface area contributed by atoms with Crippen LogP contribution in [0.2, 0.25) is 0 Å². The largest absolute Gasteiger partial charge is 0.496 e. The van der Waals surface area contributed by atoms with Gasteiger partial charge in [0.1, 0.15) is 5.75 Å². The molecule has 2 amide bonds. The van der Waals surface area contributed by atoms with Crippen LogP contribution in [0.4, 0.5) is 0 Å². The van der Waals surface area contributed by atoms with Gasteiger partial charge in [-0.2, -0.15) is 0 Å². The first-order valence-electron chi connectivity index (χ1n) is 10.6. The highest BCUT2D eigenvalue weighted by molar-refractivity contribution is 5.85. The normalized spacial score (nSPS) is 23.4. The Balaban J connectivity index is 1.95. The Morgan fingerprint density at radius 3 is 2.86 bits per heavy atom. The van der Waals surface area contributed by atoms with E-state index >= 15 is 0 Å². The molecule has 6 heteroatoms. The molecule has 3 rings (SSSR count). The summed E-state index contributed by atoms with van der Waals surface area (Å²) in [7, 11) is 1.65.